The summed E-state index contributed by atoms with van der Waals surface area (Å²) in [5.74, 6) is -0.187. The lowest BCUT2D eigenvalue weighted by Gasteiger charge is -2.14. The summed E-state index contributed by atoms with van der Waals surface area (Å²) in [4.78, 5) is 27.9. The minimum Gasteiger partial charge on any atom is -0.496 e. The van der Waals surface area contributed by atoms with E-state index in [2.05, 4.69) is 15.6 Å². The molecule has 0 aliphatic heterocycles. The highest BCUT2D eigenvalue weighted by molar-refractivity contribution is 6.33. The summed E-state index contributed by atoms with van der Waals surface area (Å²) in [6, 6.07) is 5.80. The molecule has 0 spiro atoms. The van der Waals surface area contributed by atoms with Crippen molar-refractivity contribution in [3.63, 3.8) is 0 Å². The number of anilines is 1. The molecular formula is C20H21ClFN3O3. The molecule has 0 saturated heterocycles. The van der Waals surface area contributed by atoms with Gasteiger partial charge in [0.15, 0.2) is 0 Å². The van der Waals surface area contributed by atoms with Gasteiger partial charge in [0, 0.05) is 42.3 Å². The van der Waals surface area contributed by atoms with Crippen molar-refractivity contribution in [3.8, 4) is 16.9 Å². The van der Waals surface area contributed by atoms with Gasteiger partial charge in [0.25, 0.3) is 0 Å². The van der Waals surface area contributed by atoms with Gasteiger partial charge in [-0.3, -0.25) is 9.59 Å². The fourth-order valence-electron chi connectivity index (χ4n) is 3.47. The zero-order chi connectivity index (χ0) is 20.3. The van der Waals surface area contributed by atoms with Crippen molar-refractivity contribution in [2.45, 2.75) is 32.2 Å². The van der Waals surface area contributed by atoms with Crippen LogP contribution < -0.4 is 15.4 Å². The third-order valence-corrected chi connectivity index (χ3v) is 5.07. The molecule has 1 aliphatic rings. The maximum Gasteiger partial charge on any atom is 0.228 e. The molecule has 2 aromatic rings. The van der Waals surface area contributed by atoms with Crippen LogP contribution in [0.15, 0.2) is 30.5 Å². The first-order valence-electron chi connectivity index (χ1n) is 8.94. The lowest BCUT2D eigenvalue weighted by molar-refractivity contribution is -0.121. The molecule has 28 heavy (non-hydrogen) atoms. The van der Waals surface area contributed by atoms with Crippen molar-refractivity contribution in [1.29, 1.82) is 0 Å². The number of hydrogen-bond donors (Lipinski definition) is 2. The van der Waals surface area contributed by atoms with E-state index in [4.69, 9.17) is 16.3 Å². The summed E-state index contributed by atoms with van der Waals surface area (Å²) in [5, 5.41) is 6.01. The Hall–Kier alpha value is -2.67. The second-order valence-corrected chi connectivity index (χ2v) is 7.20. The minimum absolute atomic E-state index is 0.0189. The molecular weight excluding hydrogens is 385 g/mol. The van der Waals surface area contributed by atoms with Crippen LogP contribution in [-0.2, 0) is 9.59 Å². The van der Waals surface area contributed by atoms with Crippen molar-refractivity contribution < 1.29 is 18.7 Å². The van der Waals surface area contributed by atoms with Crippen LogP contribution >= 0.6 is 11.6 Å². The summed E-state index contributed by atoms with van der Waals surface area (Å²) in [6.45, 7) is 1.47. The number of halogens is 2. The normalized spacial score (nSPS) is 18.6. The van der Waals surface area contributed by atoms with Gasteiger partial charge in [-0.15, -0.1) is 0 Å². The Labute approximate surface area is 167 Å². The number of nitrogens with one attached hydrogen (secondary N) is 2. The van der Waals surface area contributed by atoms with Gasteiger partial charge in [-0.2, -0.15) is 0 Å². The fraction of sp³-hybridized carbons (Fsp3) is 0.350. The number of benzene rings is 1. The van der Waals surface area contributed by atoms with E-state index in [0.717, 1.165) is 6.42 Å². The topological polar surface area (TPSA) is 80.3 Å². The summed E-state index contributed by atoms with van der Waals surface area (Å²) in [7, 11) is 1.45. The summed E-state index contributed by atoms with van der Waals surface area (Å²) >= 11 is 6.27. The van der Waals surface area contributed by atoms with E-state index < -0.39 is 5.82 Å². The molecule has 2 atom stereocenters. The molecule has 148 valence electrons. The molecule has 1 heterocycles. The second-order valence-electron chi connectivity index (χ2n) is 6.79. The number of hydrogen-bond acceptors (Lipinski definition) is 4. The Morgan fingerprint density at radius 3 is 2.75 bits per heavy atom. The van der Waals surface area contributed by atoms with E-state index in [-0.39, 0.29) is 23.8 Å². The quantitative estimate of drug-likeness (QED) is 0.793. The number of nitrogens with zero attached hydrogens (tertiary/aromatic N) is 1. The Morgan fingerprint density at radius 1 is 1.25 bits per heavy atom. The molecule has 6 nitrogen and oxygen atoms in total. The number of pyridine rings is 1. The highest BCUT2D eigenvalue weighted by Gasteiger charge is 2.30. The first-order chi connectivity index (χ1) is 13.4. The van der Waals surface area contributed by atoms with Crippen molar-refractivity contribution in [1.82, 2.24) is 10.3 Å². The van der Waals surface area contributed by atoms with Gasteiger partial charge >= 0.3 is 0 Å². The van der Waals surface area contributed by atoms with Crippen LogP contribution in [0.25, 0.3) is 11.1 Å². The van der Waals surface area contributed by atoms with Crippen LogP contribution in [0, 0.1) is 11.7 Å². The van der Waals surface area contributed by atoms with Gasteiger partial charge in [-0.1, -0.05) is 11.6 Å². The van der Waals surface area contributed by atoms with Crippen molar-refractivity contribution in [2.75, 3.05) is 12.4 Å². The maximum absolute atomic E-state index is 13.5. The summed E-state index contributed by atoms with van der Waals surface area (Å²) < 4.78 is 18.7. The number of ether oxygens (including phenoxy) is 1. The zero-order valence-corrected chi connectivity index (χ0v) is 16.3. The number of carbonyl (C=O) groups excluding carboxylic acids is 2. The van der Waals surface area contributed by atoms with Crippen LogP contribution in [-0.4, -0.2) is 29.9 Å². The Balaban J connectivity index is 1.77. The second kappa shape index (κ2) is 8.56. The molecule has 1 fully saturated rings. The molecule has 1 saturated carbocycles. The third-order valence-electron chi connectivity index (χ3n) is 4.77. The highest BCUT2D eigenvalue weighted by Crippen LogP contribution is 2.36. The molecule has 0 radical (unpaired) electrons. The van der Waals surface area contributed by atoms with Crippen LogP contribution in [0.3, 0.4) is 0 Å². The van der Waals surface area contributed by atoms with Gasteiger partial charge in [-0.25, -0.2) is 9.37 Å². The van der Waals surface area contributed by atoms with Crippen LogP contribution in [0.4, 0.5) is 10.2 Å². The molecule has 2 N–H and O–H groups in total. The van der Waals surface area contributed by atoms with Gasteiger partial charge in [0.2, 0.25) is 11.8 Å². The van der Waals surface area contributed by atoms with E-state index in [1.54, 1.807) is 12.1 Å². The van der Waals surface area contributed by atoms with Gasteiger partial charge in [0.05, 0.1) is 12.1 Å². The first kappa shape index (κ1) is 20.1. The van der Waals surface area contributed by atoms with Crippen molar-refractivity contribution in [2.24, 2.45) is 5.92 Å². The number of aromatic nitrogens is 1. The molecule has 2 amide bonds. The fourth-order valence-corrected chi connectivity index (χ4v) is 3.67. The Morgan fingerprint density at radius 2 is 2.04 bits per heavy atom. The molecule has 3 rings (SSSR count). The van der Waals surface area contributed by atoms with Crippen molar-refractivity contribution in [3.05, 3.63) is 41.3 Å². The predicted molar refractivity (Wildman–Crippen MR) is 105 cm³/mol. The molecule has 0 bridgehead atoms. The molecule has 1 aliphatic carbocycles. The minimum atomic E-state index is -0.422. The molecule has 8 heteroatoms. The van der Waals surface area contributed by atoms with Crippen molar-refractivity contribution >= 4 is 29.2 Å². The van der Waals surface area contributed by atoms with Crippen LogP contribution in [0.1, 0.15) is 26.2 Å². The number of amides is 2. The first-order valence-corrected chi connectivity index (χ1v) is 9.32. The number of methoxy groups -OCH3 is 1. The Kier molecular flexibility index (Phi) is 6.14. The lowest BCUT2D eigenvalue weighted by Crippen LogP contribution is -2.31. The molecule has 1 aromatic carbocycles. The Bertz CT molecular complexity index is 906. The van der Waals surface area contributed by atoms with E-state index in [1.807, 2.05) is 0 Å². The van der Waals surface area contributed by atoms with Gasteiger partial charge in [0.1, 0.15) is 17.4 Å². The smallest absolute Gasteiger partial charge is 0.228 e. The van der Waals surface area contributed by atoms with Gasteiger partial charge < -0.3 is 15.4 Å². The van der Waals surface area contributed by atoms with E-state index in [0.29, 0.717) is 40.6 Å². The summed E-state index contributed by atoms with van der Waals surface area (Å²) in [6.07, 6.45) is 3.49. The lowest BCUT2D eigenvalue weighted by atomic mass is 10.0. The van der Waals surface area contributed by atoms with E-state index in [1.165, 1.54) is 32.4 Å². The van der Waals surface area contributed by atoms with Gasteiger partial charge in [-0.05, 0) is 37.5 Å². The van der Waals surface area contributed by atoms with Crippen LogP contribution in [0.2, 0.25) is 5.02 Å². The highest BCUT2D eigenvalue weighted by atomic mass is 35.5. The zero-order valence-electron chi connectivity index (χ0n) is 15.6. The number of rotatable bonds is 5. The average molecular weight is 406 g/mol. The standard InChI is InChI=1S/C20H21ClFN3O3/c1-11(26)24-14-5-3-12(7-14)20(27)25-19-9-16(17(21)10-23-19)15-6-4-13(22)8-18(15)28-2/h4,6,8-10,12,14H,3,5,7H2,1-2H3,(H,24,26)(H,23,25,27). The SMILES string of the molecule is COc1cc(F)ccc1-c1cc(NC(=O)C2CCC(NC(C)=O)C2)ncc1Cl. The van der Waals surface area contributed by atoms with E-state index >= 15 is 0 Å². The average Bonchev–Trinajstić information content (AvgIpc) is 3.11. The monoisotopic (exact) mass is 405 g/mol. The largest absolute Gasteiger partial charge is 0.496 e. The van der Waals surface area contributed by atoms with Crippen LogP contribution in [0.5, 0.6) is 5.75 Å². The molecule has 1 aromatic heterocycles. The number of carbonyl (C=O) groups is 2. The maximum atomic E-state index is 13.5. The molecule has 2 unspecified atom stereocenters. The van der Waals surface area contributed by atoms with E-state index in [9.17, 15) is 14.0 Å². The third kappa shape index (κ3) is 4.59. The summed E-state index contributed by atoms with van der Waals surface area (Å²) in [5.41, 5.74) is 1.17. The predicted octanol–water partition coefficient (Wildman–Crippen LogP) is 3.79.